The summed E-state index contributed by atoms with van der Waals surface area (Å²) in [6.07, 6.45) is 8.45. The molecule has 3 fully saturated rings. The minimum Gasteiger partial charge on any atom is -0.317 e. The molecule has 1 spiro atoms. The third-order valence-electron chi connectivity index (χ3n) is 6.74. The van der Waals surface area contributed by atoms with Crippen LogP contribution >= 0.6 is 0 Å². The third kappa shape index (κ3) is 2.85. The molecule has 2 heterocycles. The maximum atomic E-state index is 3.53. The van der Waals surface area contributed by atoms with E-state index >= 15 is 0 Å². The summed E-state index contributed by atoms with van der Waals surface area (Å²) in [5, 5.41) is 3.53. The van der Waals surface area contributed by atoms with Crippen LogP contribution in [0, 0.1) is 5.41 Å². The highest BCUT2D eigenvalue weighted by atomic mass is 15.2. The van der Waals surface area contributed by atoms with Crippen molar-refractivity contribution in [3.63, 3.8) is 0 Å². The first-order chi connectivity index (χ1) is 11.2. The molecule has 1 saturated carbocycles. The zero-order valence-electron chi connectivity index (χ0n) is 14.9. The fourth-order valence-corrected chi connectivity index (χ4v) is 5.44. The van der Waals surface area contributed by atoms with Gasteiger partial charge in [-0.2, -0.15) is 0 Å². The molecule has 23 heavy (non-hydrogen) atoms. The number of benzene rings is 1. The number of hydrogen-bond acceptors (Lipinski definition) is 2. The molecule has 2 saturated heterocycles. The monoisotopic (exact) mass is 312 g/mol. The van der Waals surface area contributed by atoms with Crippen LogP contribution < -0.4 is 5.32 Å². The molecular formula is C21H32N2. The second kappa shape index (κ2) is 6.22. The minimum absolute atomic E-state index is 0.630. The smallest absolute Gasteiger partial charge is 0.0354 e. The van der Waals surface area contributed by atoms with Crippen LogP contribution in [0.3, 0.4) is 0 Å². The number of likely N-dealkylation sites (tertiary alicyclic amines) is 1. The summed E-state index contributed by atoms with van der Waals surface area (Å²) in [6, 6.07) is 10.7. The van der Waals surface area contributed by atoms with Crippen molar-refractivity contribution in [1.29, 1.82) is 0 Å². The molecule has 2 aliphatic heterocycles. The first-order valence-corrected chi connectivity index (χ1v) is 9.74. The van der Waals surface area contributed by atoms with E-state index in [0.717, 1.165) is 6.04 Å². The van der Waals surface area contributed by atoms with Crippen molar-refractivity contribution in [1.82, 2.24) is 10.2 Å². The van der Waals surface area contributed by atoms with E-state index in [9.17, 15) is 0 Å². The molecule has 4 rings (SSSR count). The van der Waals surface area contributed by atoms with Crippen molar-refractivity contribution in [3.8, 4) is 0 Å². The van der Waals surface area contributed by atoms with E-state index < -0.39 is 0 Å². The second-order valence-corrected chi connectivity index (χ2v) is 8.49. The lowest BCUT2D eigenvalue weighted by Gasteiger charge is -2.54. The van der Waals surface area contributed by atoms with Gasteiger partial charge in [-0.25, -0.2) is 0 Å². The van der Waals surface area contributed by atoms with E-state index in [1.165, 1.54) is 58.2 Å². The highest BCUT2D eigenvalue weighted by Crippen LogP contribution is 2.53. The summed E-state index contributed by atoms with van der Waals surface area (Å²) in [4.78, 5) is 2.87. The molecule has 2 heteroatoms. The lowest BCUT2D eigenvalue weighted by Crippen LogP contribution is -2.54. The van der Waals surface area contributed by atoms with Gasteiger partial charge in [0.05, 0.1) is 0 Å². The number of hydrogen-bond donors (Lipinski definition) is 1. The molecule has 1 aliphatic carbocycles. The van der Waals surface area contributed by atoms with Gasteiger partial charge in [0, 0.05) is 12.1 Å². The Bertz CT molecular complexity index is 537. The van der Waals surface area contributed by atoms with Crippen LogP contribution in [-0.2, 0) is 0 Å². The summed E-state index contributed by atoms with van der Waals surface area (Å²) in [5.74, 6) is 0.630. The predicted octanol–water partition coefficient (Wildman–Crippen LogP) is 4.48. The maximum absolute atomic E-state index is 3.53. The third-order valence-corrected chi connectivity index (χ3v) is 6.74. The number of nitrogens with one attached hydrogen (secondary N) is 1. The summed E-state index contributed by atoms with van der Waals surface area (Å²) in [7, 11) is 0. The number of piperidine rings is 1. The van der Waals surface area contributed by atoms with E-state index in [-0.39, 0.29) is 0 Å². The van der Waals surface area contributed by atoms with Crippen molar-refractivity contribution in [3.05, 3.63) is 35.4 Å². The molecule has 1 aromatic carbocycles. The van der Waals surface area contributed by atoms with Crippen molar-refractivity contribution in [2.45, 2.75) is 70.4 Å². The maximum Gasteiger partial charge on any atom is 0.0354 e. The van der Waals surface area contributed by atoms with Gasteiger partial charge in [0.1, 0.15) is 0 Å². The molecule has 1 N–H and O–H groups in total. The zero-order valence-corrected chi connectivity index (χ0v) is 14.9. The highest BCUT2D eigenvalue weighted by Gasteiger charge is 2.48. The molecule has 1 unspecified atom stereocenters. The first kappa shape index (κ1) is 15.7. The van der Waals surface area contributed by atoms with Crippen molar-refractivity contribution in [2.75, 3.05) is 19.6 Å². The standard InChI is InChI=1S/C21H32N2/c1-16(2)18-6-3-4-7-19(18)20-8-5-13-23(20)17-14-21(15-17)9-11-22-12-10-21/h3-4,6-7,16-17,20,22H,5,8-15H2,1-2H3. The molecule has 0 aromatic heterocycles. The Morgan fingerprint density at radius 2 is 1.87 bits per heavy atom. The van der Waals surface area contributed by atoms with Crippen LogP contribution in [-0.4, -0.2) is 30.6 Å². The Morgan fingerprint density at radius 1 is 1.13 bits per heavy atom. The molecule has 3 aliphatic rings. The van der Waals surface area contributed by atoms with Crippen molar-refractivity contribution in [2.24, 2.45) is 5.41 Å². The van der Waals surface area contributed by atoms with Gasteiger partial charge in [0.15, 0.2) is 0 Å². The van der Waals surface area contributed by atoms with Gasteiger partial charge < -0.3 is 5.32 Å². The molecule has 1 aromatic rings. The summed E-state index contributed by atoms with van der Waals surface area (Å²) < 4.78 is 0. The number of rotatable bonds is 3. The Hall–Kier alpha value is -0.860. The molecule has 1 atom stereocenters. The summed E-state index contributed by atoms with van der Waals surface area (Å²) >= 11 is 0. The number of nitrogens with zero attached hydrogens (tertiary/aromatic N) is 1. The Balaban J connectivity index is 1.50. The minimum atomic E-state index is 0.630. The largest absolute Gasteiger partial charge is 0.317 e. The quantitative estimate of drug-likeness (QED) is 0.885. The predicted molar refractivity (Wildman–Crippen MR) is 96.8 cm³/mol. The van der Waals surface area contributed by atoms with Crippen LogP contribution in [0.25, 0.3) is 0 Å². The highest BCUT2D eigenvalue weighted by molar-refractivity contribution is 5.33. The normalized spacial score (nSPS) is 28.4. The summed E-state index contributed by atoms with van der Waals surface area (Å²) in [5.41, 5.74) is 3.88. The van der Waals surface area contributed by atoms with Crippen LogP contribution in [0.2, 0.25) is 0 Å². The average Bonchev–Trinajstić information content (AvgIpc) is 3.02. The van der Waals surface area contributed by atoms with Crippen LogP contribution in [0.4, 0.5) is 0 Å². The first-order valence-electron chi connectivity index (χ1n) is 9.74. The fourth-order valence-electron chi connectivity index (χ4n) is 5.44. The van der Waals surface area contributed by atoms with Crippen LogP contribution in [0.1, 0.15) is 75.5 Å². The van der Waals surface area contributed by atoms with Gasteiger partial charge in [-0.1, -0.05) is 38.1 Å². The molecule has 2 nitrogen and oxygen atoms in total. The van der Waals surface area contributed by atoms with Gasteiger partial charge in [0.25, 0.3) is 0 Å². The van der Waals surface area contributed by atoms with Gasteiger partial charge in [-0.3, -0.25) is 4.90 Å². The SMILES string of the molecule is CC(C)c1ccccc1C1CCCN1C1CC2(CCNCC2)C1. The van der Waals surface area contributed by atoms with Crippen molar-refractivity contribution < 1.29 is 0 Å². The topological polar surface area (TPSA) is 15.3 Å². The van der Waals surface area contributed by atoms with Crippen LogP contribution in [0.5, 0.6) is 0 Å². The van der Waals surface area contributed by atoms with E-state index in [1.807, 2.05) is 0 Å². The molecule has 0 amide bonds. The fraction of sp³-hybridized carbons (Fsp3) is 0.714. The van der Waals surface area contributed by atoms with E-state index in [1.54, 1.807) is 11.1 Å². The molecule has 126 valence electrons. The Kier molecular flexibility index (Phi) is 4.23. The lowest BCUT2D eigenvalue weighted by atomic mass is 9.60. The molecular weight excluding hydrogens is 280 g/mol. The Labute approximate surface area is 141 Å². The summed E-state index contributed by atoms with van der Waals surface area (Å²) in [6.45, 7) is 8.48. The van der Waals surface area contributed by atoms with Crippen molar-refractivity contribution >= 4 is 0 Å². The van der Waals surface area contributed by atoms with E-state index in [4.69, 9.17) is 0 Å². The van der Waals surface area contributed by atoms with Crippen LogP contribution in [0.15, 0.2) is 24.3 Å². The Morgan fingerprint density at radius 3 is 2.61 bits per heavy atom. The lowest BCUT2D eigenvalue weighted by molar-refractivity contribution is -0.0265. The van der Waals surface area contributed by atoms with E-state index in [0.29, 0.717) is 17.4 Å². The van der Waals surface area contributed by atoms with Gasteiger partial charge in [-0.05, 0) is 80.6 Å². The molecule has 0 bridgehead atoms. The van der Waals surface area contributed by atoms with E-state index in [2.05, 4.69) is 48.3 Å². The van der Waals surface area contributed by atoms with Gasteiger partial charge in [-0.15, -0.1) is 0 Å². The van der Waals surface area contributed by atoms with Gasteiger partial charge in [0.2, 0.25) is 0 Å². The molecule has 0 radical (unpaired) electrons. The average molecular weight is 313 g/mol. The second-order valence-electron chi connectivity index (χ2n) is 8.49. The zero-order chi connectivity index (χ0) is 15.9. The van der Waals surface area contributed by atoms with Gasteiger partial charge >= 0.3 is 0 Å².